The van der Waals surface area contributed by atoms with Gasteiger partial charge in [0.05, 0.1) is 13.2 Å². The zero-order chi connectivity index (χ0) is 12.0. The first kappa shape index (κ1) is 12.4. The first-order chi connectivity index (χ1) is 7.63. The highest BCUT2D eigenvalue weighted by atomic mass is 19.1. The van der Waals surface area contributed by atoms with E-state index in [1.807, 2.05) is 0 Å². The van der Waals surface area contributed by atoms with Gasteiger partial charge in [-0.05, 0) is 24.6 Å². The molecular weight excluding hydrogens is 213 g/mol. The van der Waals surface area contributed by atoms with Crippen LogP contribution < -0.4 is 10.1 Å². The summed E-state index contributed by atoms with van der Waals surface area (Å²) in [7, 11) is 0. The molecule has 0 radical (unpaired) electrons. The average molecular weight is 227 g/mol. The van der Waals surface area contributed by atoms with Gasteiger partial charge in [0.15, 0.2) is 11.6 Å². The van der Waals surface area contributed by atoms with Gasteiger partial charge >= 0.3 is 5.97 Å². The summed E-state index contributed by atoms with van der Waals surface area (Å²) < 4.78 is 18.4. The fourth-order valence-corrected chi connectivity index (χ4v) is 1.24. The predicted molar refractivity (Wildman–Crippen MR) is 56.9 cm³/mol. The number of aliphatic carboxylic acids is 1. The van der Waals surface area contributed by atoms with Crippen LogP contribution in [0.3, 0.4) is 0 Å². The van der Waals surface area contributed by atoms with E-state index in [1.165, 1.54) is 12.1 Å². The Morgan fingerprint density at radius 1 is 1.56 bits per heavy atom. The van der Waals surface area contributed by atoms with Crippen LogP contribution in [0, 0.1) is 5.82 Å². The van der Waals surface area contributed by atoms with Crippen molar-refractivity contribution in [3.8, 4) is 5.75 Å². The van der Waals surface area contributed by atoms with E-state index in [0.717, 1.165) is 0 Å². The molecule has 1 aromatic rings. The van der Waals surface area contributed by atoms with E-state index in [1.54, 1.807) is 13.0 Å². The van der Waals surface area contributed by atoms with Crippen molar-refractivity contribution in [2.24, 2.45) is 0 Å². The van der Waals surface area contributed by atoms with E-state index in [9.17, 15) is 9.18 Å². The molecule has 4 nitrogen and oxygen atoms in total. The third kappa shape index (κ3) is 3.86. The number of ether oxygens (including phenoxy) is 1. The molecule has 16 heavy (non-hydrogen) atoms. The van der Waals surface area contributed by atoms with Crippen molar-refractivity contribution in [2.45, 2.75) is 13.5 Å². The number of halogens is 1. The summed E-state index contributed by atoms with van der Waals surface area (Å²) in [5.74, 6) is -1.16. The molecule has 0 amide bonds. The summed E-state index contributed by atoms with van der Waals surface area (Å²) in [5.41, 5.74) is 0.683. The number of benzene rings is 1. The molecule has 88 valence electrons. The molecule has 0 aromatic heterocycles. The Morgan fingerprint density at radius 3 is 2.88 bits per heavy atom. The highest BCUT2D eigenvalue weighted by Gasteiger charge is 2.04. The number of carboxylic acid groups (broad SMARTS) is 1. The van der Waals surface area contributed by atoms with Gasteiger partial charge in [-0.1, -0.05) is 6.07 Å². The highest BCUT2D eigenvalue weighted by Crippen LogP contribution is 2.18. The van der Waals surface area contributed by atoms with E-state index >= 15 is 0 Å². The van der Waals surface area contributed by atoms with E-state index in [0.29, 0.717) is 18.7 Å². The van der Waals surface area contributed by atoms with Gasteiger partial charge in [0.1, 0.15) is 0 Å². The summed E-state index contributed by atoms with van der Waals surface area (Å²) in [6, 6.07) is 4.57. The van der Waals surface area contributed by atoms with Gasteiger partial charge in [0.2, 0.25) is 0 Å². The zero-order valence-electron chi connectivity index (χ0n) is 9.00. The summed E-state index contributed by atoms with van der Waals surface area (Å²) >= 11 is 0. The Balaban J connectivity index is 2.55. The van der Waals surface area contributed by atoms with Crippen LogP contribution in [-0.4, -0.2) is 24.2 Å². The molecule has 0 fully saturated rings. The van der Waals surface area contributed by atoms with E-state index < -0.39 is 11.8 Å². The smallest absolute Gasteiger partial charge is 0.317 e. The zero-order valence-corrected chi connectivity index (χ0v) is 9.00. The van der Waals surface area contributed by atoms with Crippen LogP contribution in [0.4, 0.5) is 4.39 Å². The van der Waals surface area contributed by atoms with Crippen molar-refractivity contribution >= 4 is 5.97 Å². The minimum Gasteiger partial charge on any atom is -0.491 e. The molecule has 0 atom stereocenters. The van der Waals surface area contributed by atoms with Crippen LogP contribution in [0.15, 0.2) is 18.2 Å². The van der Waals surface area contributed by atoms with Gasteiger partial charge in [-0.25, -0.2) is 4.39 Å². The van der Waals surface area contributed by atoms with Gasteiger partial charge in [-0.15, -0.1) is 0 Å². The summed E-state index contributed by atoms with van der Waals surface area (Å²) in [6.45, 7) is 2.36. The second kappa shape index (κ2) is 6.07. The molecule has 5 heteroatoms. The number of hydrogen-bond donors (Lipinski definition) is 2. The minimum atomic E-state index is -0.939. The van der Waals surface area contributed by atoms with Crippen LogP contribution in [0.25, 0.3) is 0 Å². The van der Waals surface area contributed by atoms with Crippen molar-refractivity contribution in [3.05, 3.63) is 29.6 Å². The third-order valence-corrected chi connectivity index (χ3v) is 1.90. The molecule has 0 bridgehead atoms. The lowest BCUT2D eigenvalue weighted by atomic mass is 10.2. The summed E-state index contributed by atoms with van der Waals surface area (Å²) in [5, 5.41) is 11.1. The molecule has 1 rings (SSSR count). The Kier molecular flexibility index (Phi) is 4.72. The number of nitrogens with one attached hydrogen (secondary N) is 1. The molecular formula is C11H14FNO3. The minimum absolute atomic E-state index is 0.144. The van der Waals surface area contributed by atoms with Gasteiger partial charge in [-0.2, -0.15) is 0 Å². The lowest BCUT2D eigenvalue weighted by Gasteiger charge is -2.07. The molecule has 0 heterocycles. The monoisotopic (exact) mass is 227 g/mol. The molecule has 1 aromatic carbocycles. The van der Waals surface area contributed by atoms with Gasteiger partial charge in [-0.3, -0.25) is 4.79 Å². The average Bonchev–Trinajstić information content (AvgIpc) is 2.21. The van der Waals surface area contributed by atoms with Gasteiger partial charge < -0.3 is 15.2 Å². The third-order valence-electron chi connectivity index (χ3n) is 1.90. The van der Waals surface area contributed by atoms with Crippen molar-refractivity contribution in [1.82, 2.24) is 5.32 Å². The second-order valence-corrected chi connectivity index (χ2v) is 3.20. The van der Waals surface area contributed by atoms with Crippen LogP contribution in [0.5, 0.6) is 5.75 Å². The highest BCUT2D eigenvalue weighted by molar-refractivity contribution is 5.68. The Bertz CT molecular complexity index is 368. The van der Waals surface area contributed by atoms with Crippen LogP contribution >= 0.6 is 0 Å². The van der Waals surface area contributed by atoms with Crippen LogP contribution in [0.2, 0.25) is 0 Å². The molecule has 0 aliphatic heterocycles. The van der Waals surface area contributed by atoms with Crippen molar-refractivity contribution in [3.63, 3.8) is 0 Å². The quantitative estimate of drug-likeness (QED) is 0.771. The lowest BCUT2D eigenvalue weighted by Crippen LogP contribution is -2.21. The Labute approximate surface area is 93.0 Å². The van der Waals surface area contributed by atoms with E-state index in [-0.39, 0.29) is 12.3 Å². The standard InChI is InChI=1S/C11H14FNO3/c1-2-16-10-4-3-8(5-9(10)12)6-13-7-11(14)15/h3-5,13H,2,6-7H2,1H3,(H,14,15). The van der Waals surface area contributed by atoms with Crippen molar-refractivity contribution in [1.29, 1.82) is 0 Å². The molecule has 0 saturated heterocycles. The molecule has 2 N–H and O–H groups in total. The maximum Gasteiger partial charge on any atom is 0.317 e. The SMILES string of the molecule is CCOc1ccc(CNCC(=O)O)cc1F. The molecule has 0 aliphatic carbocycles. The largest absolute Gasteiger partial charge is 0.491 e. The topological polar surface area (TPSA) is 58.6 Å². The number of hydrogen-bond acceptors (Lipinski definition) is 3. The molecule has 0 aliphatic rings. The number of carbonyl (C=O) groups is 1. The predicted octanol–water partition coefficient (Wildman–Crippen LogP) is 1.40. The number of carboxylic acids is 1. The second-order valence-electron chi connectivity index (χ2n) is 3.20. The Hall–Kier alpha value is -1.62. The Morgan fingerprint density at radius 2 is 2.31 bits per heavy atom. The van der Waals surface area contributed by atoms with Crippen LogP contribution in [0.1, 0.15) is 12.5 Å². The van der Waals surface area contributed by atoms with E-state index in [2.05, 4.69) is 5.32 Å². The van der Waals surface area contributed by atoms with Crippen molar-refractivity contribution < 1.29 is 19.0 Å². The van der Waals surface area contributed by atoms with Gasteiger partial charge in [0.25, 0.3) is 0 Å². The number of rotatable bonds is 6. The maximum absolute atomic E-state index is 13.4. The van der Waals surface area contributed by atoms with Gasteiger partial charge in [0, 0.05) is 6.54 Å². The maximum atomic E-state index is 13.4. The molecule has 0 unspecified atom stereocenters. The van der Waals surface area contributed by atoms with E-state index in [4.69, 9.17) is 9.84 Å². The first-order valence-electron chi connectivity index (χ1n) is 4.97. The lowest BCUT2D eigenvalue weighted by molar-refractivity contribution is -0.135. The molecule has 0 saturated carbocycles. The fraction of sp³-hybridized carbons (Fsp3) is 0.364. The first-order valence-corrected chi connectivity index (χ1v) is 4.97. The fourth-order valence-electron chi connectivity index (χ4n) is 1.24. The van der Waals surface area contributed by atoms with Crippen molar-refractivity contribution in [2.75, 3.05) is 13.2 Å². The normalized spacial score (nSPS) is 10.1. The summed E-state index contributed by atoms with van der Waals surface area (Å²) in [4.78, 5) is 10.2. The summed E-state index contributed by atoms with van der Waals surface area (Å²) in [6.07, 6.45) is 0. The molecule has 0 spiro atoms. The van der Waals surface area contributed by atoms with Crippen LogP contribution in [-0.2, 0) is 11.3 Å².